The van der Waals surface area contributed by atoms with Crippen LogP contribution in [0.1, 0.15) is 36.5 Å². The van der Waals surface area contributed by atoms with Gasteiger partial charge in [0.1, 0.15) is 0 Å². The monoisotopic (exact) mass is 416 g/mol. The molecule has 1 amide bonds. The van der Waals surface area contributed by atoms with Crippen LogP contribution in [0.5, 0.6) is 0 Å². The maximum atomic E-state index is 12.1. The smallest absolute Gasteiger partial charge is 0.252 e. The summed E-state index contributed by atoms with van der Waals surface area (Å²) >= 11 is 6.81. The van der Waals surface area contributed by atoms with Crippen molar-refractivity contribution in [2.45, 2.75) is 26.2 Å². The molecule has 0 bridgehead atoms. The molecule has 0 unspecified atom stereocenters. The van der Waals surface area contributed by atoms with Crippen molar-refractivity contribution in [2.75, 3.05) is 26.2 Å². The quantitative estimate of drug-likeness (QED) is 0.732. The van der Waals surface area contributed by atoms with Crippen molar-refractivity contribution in [3.05, 3.63) is 32.7 Å². The number of rotatable bonds is 5. The van der Waals surface area contributed by atoms with Gasteiger partial charge in [0.2, 0.25) is 0 Å². The molecule has 21 heavy (non-hydrogen) atoms. The van der Waals surface area contributed by atoms with Crippen molar-refractivity contribution in [2.24, 2.45) is 5.92 Å². The molecule has 0 spiro atoms. The summed E-state index contributed by atoms with van der Waals surface area (Å²) < 4.78 is 1.74. The van der Waals surface area contributed by atoms with Crippen molar-refractivity contribution in [1.82, 2.24) is 10.2 Å². The van der Waals surface area contributed by atoms with Crippen LogP contribution in [0.15, 0.2) is 27.1 Å². The second kappa shape index (κ2) is 8.30. The van der Waals surface area contributed by atoms with Crippen LogP contribution < -0.4 is 5.32 Å². The summed E-state index contributed by atoms with van der Waals surface area (Å²) in [6, 6.07) is 5.64. The Morgan fingerprint density at radius 3 is 2.76 bits per heavy atom. The van der Waals surface area contributed by atoms with Gasteiger partial charge in [-0.2, -0.15) is 0 Å². The van der Waals surface area contributed by atoms with Crippen molar-refractivity contribution in [3.63, 3.8) is 0 Å². The van der Waals surface area contributed by atoms with Gasteiger partial charge in [0.25, 0.3) is 5.91 Å². The Labute approximate surface area is 143 Å². The lowest BCUT2D eigenvalue weighted by atomic mass is 9.99. The van der Waals surface area contributed by atoms with E-state index in [1.54, 1.807) is 0 Å². The second-order valence-corrected chi connectivity index (χ2v) is 7.53. The minimum Gasteiger partial charge on any atom is -0.352 e. The largest absolute Gasteiger partial charge is 0.352 e. The van der Waals surface area contributed by atoms with Crippen LogP contribution in [0.25, 0.3) is 0 Å². The van der Waals surface area contributed by atoms with Crippen molar-refractivity contribution in [3.8, 4) is 0 Å². The van der Waals surface area contributed by atoms with Crippen molar-refractivity contribution in [1.29, 1.82) is 0 Å². The van der Waals surface area contributed by atoms with Crippen molar-refractivity contribution >= 4 is 37.8 Å². The minimum absolute atomic E-state index is 0.0181. The number of nitrogens with zero attached hydrogens (tertiary/aromatic N) is 1. The van der Waals surface area contributed by atoms with E-state index < -0.39 is 0 Å². The first-order valence-corrected chi connectivity index (χ1v) is 9.10. The van der Waals surface area contributed by atoms with Crippen molar-refractivity contribution < 1.29 is 4.79 Å². The Morgan fingerprint density at radius 2 is 2.05 bits per heavy atom. The fourth-order valence-corrected chi connectivity index (χ4v) is 3.34. The first-order chi connectivity index (χ1) is 10.1. The summed E-state index contributed by atoms with van der Waals surface area (Å²) in [5, 5.41) is 3.00. The van der Waals surface area contributed by atoms with Crippen LogP contribution in [0.3, 0.4) is 0 Å². The highest BCUT2D eigenvalue weighted by Gasteiger charge is 2.15. The van der Waals surface area contributed by atoms with Gasteiger partial charge in [-0.1, -0.05) is 22.9 Å². The van der Waals surface area contributed by atoms with Gasteiger partial charge in [-0.05, 0) is 78.9 Å². The number of hydrogen-bond acceptors (Lipinski definition) is 2. The minimum atomic E-state index is -0.0181. The third-order valence-electron chi connectivity index (χ3n) is 3.99. The first kappa shape index (κ1) is 17.0. The lowest BCUT2D eigenvalue weighted by Crippen LogP contribution is -2.35. The lowest BCUT2D eigenvalue weighted by Gasteiger charge is -2.30. The molecule has 2 rings (SSSR count). The molecule has 0 saturated carbocycles. The Hall–Kier alpha value is -0.390. The molecule has 1 fully saturated rings. The third kappa shape index (κ3) is 5.38. The third-order valence-corrected chi connectivity index (χ3v) is 5.17. The molecule has 1 aliphatic heterocycles. The molecule has 0 atom stereocenters. The molecule has 1 heterocycles. The molecule has 5 heteroatoms. The Bertz CT molecular complexity index is 485. The lowest BCUT2D eigenvalue weighted by molar-refractivity contribution is 0.0949. The maximum absolute atomic E-state index is 12.1. The summed E-state index contributed by atoms with van der Waals surface area (Å²) in [5.74, 6) is 0.852. The number of nitrogens with one attached hydrogen (secondary N) is 1. The fourth-order valence-electron chi connectivity index (χ4n) is 2.56. The summed E-state index contributed by atoms with van der Waals surface area (Å²) in [5.41, 5.74) is 0.677. The zero-order valence-corrected chi connectivity index (χ0v) is 15.5. The van der Waals surface area contributed by atoms with Gasteiger partial charge in [0.05, 0.1) is 5.56 Å². The average Bonchev–Trinajstić information content (AvgIpc) is 2.47. The van der Waals surface area contributed by atoms with E-state index in [2.05, 4.69) is 49.0 Å². The van der Waals surface area contributed by atoms with Gasteiger partial charge in [-0.15, -0.1) is 0 Å². The number of likely N-dealkylation sites (tertiary alicyclic amines) is 1. The SMILES string of the molecule is CC1CCN(CCCNC(=O)c2cc(Br)ccc2Br)CC1. The molecule has 1 aromatic rings. The number of piperidine rings is 1. The number of amides is 1. The highest BCUT2D eigenvalue weighted by molar-refractivity contribution is 9.11. The fraction of sp³-hybridized carbons (Fsp3) is 0.562. The summed E-state index contributed by atoms with van der Waals surface area (Å²) in [7, 11) is 0. The van der Waals surface area contributed by atoms with E-state index >= 15 is 0 Å². The van der Waals surface area contributed by atoms with Gasteiger partial charge in [0.15, 0.2) is 0 Å². The predicted octanol–water partition coefficient (Wildman–Crippen LogP) is 4.06. The van der Waals surface area contributed by atoms with Crippen LogP contribution in [0.2, 0.25) is 0 Å². The molecule has 1 N–H and O–H groups in total. The molecule has 0 aliphatic carbocycles. The molecule has 1 aliphatic rings. The number of halogens is 2. The summed E-state index contributed by atoms with van der Waals surface area (Å²) in [6.45, 7) is 6.53. The van der Waals surface area contributed by atoms with E-state index in [0.29, 0.717) is 5.56 Å². The van der Waals surface area contributed by atoms with Crippen LogP contribution in [-0.4, -0.2) is 37.0 Å². The molecular weight excluding hydrogens is 396 g/mol. The van der Waals surface area contributed by atoms with E-state index in [1.807, 2.05) is 18.2 Å². The van der Waals surface area contributed by atoms with Gasteiger partial charge < -0.3 is 10.2 Å². The summed E-state index contributed by atoms with van der Waals surface area (Å²) in [6.07, 6.45) is 3.61. The molecule has 116 valence electrons. The van der Waals surface area contributed by atoms with E-state index in [1.165, 1.54) is 25.9 Å². The first-order valence-electron chi connectivity index (χ1n) is 7.52. The van der Waals surface area contributed by atoms with Gasteiger partial charge >= 0.3 is 0 Å². The molecule has 3 nitrogen and oxygen atoms in total. The molecule has 0 radical (unpaired) electrons. The Balaban J connectivity index is 1.71. The highest BCUT2D eigenvalue weighted by Crippen LogP contribution is 2.21. The van der Waals surface area contributed by atoms with Gasteiger partial charge in [-0.25, -0.2) is 0 Å². The standard InChI is InChI=1S/C16H22Br2N2O/c1-12-5-9-20(10-6-12)8-2-7-19-16(21)14-11-13(17)3-4-15(14)18/h3-4,11-12H,2,5-10H2,1H3,(H,19,21). The highest BCUT2D eigenvalue weighted by atomic mass is 79.9. The maximum Gasteiger partial charge on any atom is 0.252 e. The number of carbonyl (C=O) groups is 1. The van der Waals surface area contributed by atoms with Crippen LogP contribution >= 0.6 is 31.9 Å². The number of benzene rings is 1. The van der Waals surface area contributed by atoms with E-state index in [4.69, 9.17) is 0 Å². The van der Waals surface area contributed by atoms with E-state index in [0.717, 1.165) is 34.4 Å². The number of carbonyl (C=O) groups excluding carboxylic acids is 1. The molecule has 0 aromatic heterocycles. The Morgan fingerprint density at radius 1 is 1.33 bits per heavy atom. The van der Waals surface area contributed by atoms with E-state index in [9.17, 15) is 4.79 Å². The topological polar surface area (TPSA) is 32.3 Å². The second-order valence-electron chi connectivity index (χ2n) is 5.76. The summed E-state index contributed by atoms with van der Waals surface area (Å²) in [4.78, 5) is 14.6. The van der Waals surface area contributed by atoms with Gasteiger partial charge in [-0.3, -0.25) is 4.79 Å². The van der Waals surface area contributed by atoms with Gasteiger partial charge in [0, 0.05) is 15.5 Å². The number of hydrogen-bond donors (Lipinski definition) is 1. The van der Waals surface area contributed by atoms with Crippen LogP contribution in [-0.2, 0) is 0 Å². The zero-order valence-electron chi connectivity index (χ0n) is 12.4. The van der Waals surface area contributed by atoms with E-state index in [-0.39, 0.29) is 5.91 Å². The van der Waals surface area contributed by atoms with Crippen LogP contribution in [0.4, 0.5) is 0 Å². The molecular formula is C16H22Br2N2O. The average molecular weight is 418 g/mol. The zero-order chi connectivity index (χ0) is 15.2. The normalized spacial score (nSPS) is 16.9. The molecule has 1 saturated heterocycles. The Kier molecular flexibility index (Phi) is 6.71. The predicted molar refractivity (Wildman–Crippen MR) is 93.6 cm³/mol. The molecule has 1 aromatic carbocycles. The van der Waals surface area contributed by atoms with Crippen LogP contribution in [0, 0.1) is 5.92 Å².